The van der Waals surface area contributed by atoms with Crippen LogP contribution in [0.3, 0.4) is 0 Å². The molecule has 1 atom stereocenters. The van der Waals surface area contributed by atoms with Crippen LogP contribution in [-0.2, 0) is 0 Å². The van der Waals surface area contributed by atoms with Gasteiger partial charge in [0, 0.05) is 11.1 Å². The fourth-order valence-corrected chi connectivity index (χ4v) is 3.55. The Morgan fingerprint density at radius 1 is 1.18 bits per heavy atom. The lowest BCUT2D eigenvalue weighted by molar-refractivity contribution is 0.741. The molecular formula is C11H14N4S2. The lowest BCUT2D eigenvalue weighted by Crippen LogP contribution is -1.99. The Morgan fingerprint density at radius 2 is 1.88 bits per heavy atom. The van der Waals surface area contributed by atoms with Crippen LogP contribution in [0, 0.1) is 6.92 Å². The van der Waals surface area contributed by atoms with Gasteiger partial charge in [-0.3, -0.25) is 0 Å². The molecule has 17 heavy (non-hydrogen) atoms. The predicted octanol–water partition coefficient (Wildman–Crippen LogP) is 3.91. The number of fused-ring (bicyclic) bond motifs is 2. The molecule has 0 saturated heterocycles. The molecule has 3 rings (SSSR count). The molecule has 1 aliphatic heterocycles. The SMILES string of the molecule is CCC(C)c1c2c(c(C)c3nsnc13)NSN2. The number of rotatable bonds is 2. The number of aryl methyl sites for hydroxylation is 1. The predicted molar refractivity (Wildman–Crippen MR) is 75.7 cm³/mol. The Kier molecular flexibility index (Phi) is 2.63. The monoisotopic (exact) mass is 266 g/mol. The summed E-state index contributed by atoms with van der Waals surface area (Å²) in [5, 5.41) is 0. The van der Waals surface area contributed by atoms with Crippen LogP contribution in [0.4, 0.5) is 11.4 Å². The first kappa shape index (κ1) is 11.1. The highest BCUT2D eigenvalue weighted by Gasteiger charge is 2.25. The van der Waals surface area contributed by atoms with Crippen LogP contribution in [0.25, 0.3) is 11.0 Å². The molecule has 0 radical (unpaired) electrons. The molecule has 0 spiro atoms. The van der Waals surface area contributed by atoms with Crippen molar-refractivity contribution in [1.29, 1.82) is 0 Å². The Morgan fingerprint density at radius 3 is 2.65 bits per heavy atom. The molecule has 2 aromatic rings. The molecule has 4 nitrogen and oxygen atoms in total. The fraction of sp³-hybridized carbons (Fsp3) is 0.455. The van der Waals surface area contributed by atoms with Crippen molar-refractivity contribution >= 4 is 46.3 Å². The van der Waals surface area contributed by atoms with Gasteiger partial charge < -0.3 is 9.44 Å². The zero-order valence-corrected chi connectivity index (χ0v) is 11.6. The molecule has 0 bridgehead atoms. The van der Waals surface area contributed by atoms with E-state index in [4.69, 9.17) is 0 Å². The first-order valence-corrected chi connectivity index (χ1v) is 7.25. The second kappa shape index (κ2) is 4.03. The molecule has 1 aromatic carbocycles. The van der Waals surface area contributed by atoms with Crippen LogP contribution in [0.1, 0.15) is 37.3 Å². The molecule has 0 amide bonds. The number of hydrogen-bond acceptors (Lipinski definition) is 6. The molecule has 90 valence electrons. The summed E-state index contributed by atoms with van der Waals surface area (Å²) in [4.78, 5) is 0. The average Bonchev–Trinajstić information content (AvgIpc) is 2.96. The molecule has 0 aliphatic carbocycles. The largest absolute Gasteiger partial charge is 0.310 e. The van der Waals surface area contributed by atoms with Gasteiger partial charge in [0.05, 0.1) is 35.2 Å². The van der Waals surface area contributed by atoms with Crippen molar-refractivity contribution < 1.29 is 0 Å². The minimum atomic E-state index is 0.490. The summed E-state index contributed by atoms with van der Waals surface area (Å²) in [6.07, 6.45) is 1.11. The highest BCUT2D eigenvalue weighted by molar-refractivity contribution is 8.02. The molecule has 1 unspecified atom stereocenters. The summed E-state index contributed by atoms with van der Waals surface area (Å²) in [6, 6.07) is 0. The molecule has 1 aliphatic rings. The molecule has 2 N–H and O–H groups in total. The minimum absolute atomic E-state index is 0.490. The van der Waals surface area contributed by atoms with E-state index in [2.05, 4.69) is 39.0 Å². The molecule has 2 heterocycles. The van der Waals surface area contributed by atoms with E-state index in [-0.39, 0.29) is 0 Å². The highest BCUT2D eigenvalue weighted by atomic mass is 32.2. The molecular weight excluding hydrogens is 252 g/mol. The molecule has 0 saturated carbocycles. The number of anilines is 2. The van der Waals surface area contributed by atoms with Gasteiger partial charge in [-0.15, -0.1) is 0 Å². The number of nitrogens with zero attached hydrogens (tertiary/aromatic N) is 2. The van der Waals surface area contributed by atoms with Crippen molar-refractivity contribution in [2.24, 2.45) is 0 Å². The van der Waals surface area contributed by atoms with Crippen LogP contribution in [0.2, 0.25) is 0 Å². The standard InChI is InChI=1S/C11H14N4S2/c1-4-5(2)7-10-8(12-16-14-10)6(3)9-11(7)15-17-13-9/h5,12,14H,4H2,1-3H3. The van der Waals surface area contributed by atoms with E-state index in [0.717, 1.165) is 17.5 Å². The maximum Gasteiger partial charge on any atom is 0.110 e. The van der Waals surface area contributed by atoms with Crippen LogP contribution in [0.15, 0.2) is 0 Å². The van der Waals surface area contributed by atoms with Gasteiger partial charge in [-0.25, -0.2) is 0 Å². The van der Waals surface area contributed by atoms with E-state index < -0.39 is 0 Å². The van der Waals surface area contributed by atoms with Gasteiger partial charge in [-0.1, -0.05) is 13.8 Å². The van der Waals surface area contributed by atoms with Crippen molar-refractivity contribution in [2.45, 2.75) is 33.1 Å². The summed E-state index contributed by atoms with van der Waals surface area (Å²) in [5.41, 5.74) is 6.97. The van der Waals surface area contributed by atoms with Crippen molar-refractivity contribution in [1.82, 2.24) is 8.75 Å². The number of benzene rings is 1. The van der Waals surface area contributed by atoms with Crippen molar-refractivity contribution in [3.63, 3.8) is 0 Å². The Labute approximate surface area is 109 Å². The molecule has 1 aromatic heterocycles. The third-order valence-electron chi connectivity index (χ3n) is 3.40. The van der Waals surface area contributed by atoms with Gasteiger partial charge in [0.2, 0.25) is 0 Å². The Balaban J connectivity index is 2.39. The van der Waals surface area contributed by atoms with E-state index in [1.165, 1.54) is 46.4 Å². The molecule has 6 heteroatoms. The maximum absolute atomic E-state index is 4.48. The summed E-state index contributed by atoms with van der Waals surface area (Å²) >= 11 is 2.82. The van der Waals surface area contributed by atoms with Gasteiger partial charge in [0.15, 0.2) is 0 Å². The van der Waals surface area contributed by atoms with E-state index >= 15 is 0 Å². The van der Waals surface area contributed by atoms with Gasteiger partial charge >= 0.3 is 0 Å². The van der Waals surface area contributed by atoms with Gasteiger partial charge in [-0.2, -0.15) is 8.75 Å². The first-order chi connectivity index (χ1) is 8.24. The Hall–Kier alpha value is -1.01. The molecule has 0 fully saturated rings. The second-order valence-electron chi connectivity index (χ2n) is 4.37. The van der Waals surface area contributed by atoms with Crippen LogP contribution >= 0.6 is 23.9 Å². The maximum atomic E-state index is 4.48. The first-order valence-electron chi connectivity index (χ1n) is 5.70. The third-order valence-corrected chi connectivity index (χ3v) is 4.55. The Bertz CT molecular complexity index is 578. The van der Waals surface area contributed by atoms with E-state index in [0.29, 0.717) is 5.92 Å². The second-order valence-corrected chi connectivity index (χ2v) is 5.51. The van der Waals surface area contributed by atoms with Crippen molar-refractivity contribution in [3.05, 3.63) is 11.1 Å². The lowest BCUT2D eigenvalue weighted by atomic mass is 9.93. The van der Waals surface area contributed by atoms with Crippen LogP contribution in [0.5, 0.6) is 0 Å². The van der Waals surface area contributed by atoms with Gasteiger partial charge in [0.25, 0.3) is 0 Å². The number of nitrogens with one attached hydrogen (secondary N) is 2. The summed E-state index contributed by atoms with van der Waals surface area (Å²) in [7, 11) is 0. The zero-order chi connectivity index (χ0) is 12.0. The quantitative estimate of drug-likeness (QED) is 0.807. The number of hydrogen-bond donors (Lipinski definition) is 2. The van der Waals surface area contributed by atoms with Crippen molar-refractivity contribution in [2.75, 3.05) is 9.44 Å². The van der Waals surface area contributed by atoms with Gasteiger partial charge in [-0.05, 0) is 19.3 Å². The van der Waals surface area contributed by atoms with E-state index in [1.807, 2.05) is 0 Å². The minimum Gasteiger partial charge on any atom is -0.310 e. The number of aromatic nitrogens is 2. The average molecular weight is 266 g/mol. The summed E-state index contributed by atoms with van der Waals surface area (Å²) < 4.78 is 15.6. The summed E-state index contributed by atoms with van der Waals surface area (Å²) in [6.45, 7) is 6.55. The zero-order valence-electron chi connectivity index (χ0n) is 10.00. The van der Waals surface area contributed by atoms with E-state index in [9.17, 15) is 0 Å². The summed E-state index contributed by atoms with van der Waals surface area (Å²) in [5.74, 6) is 0.490. The van der Waals surface area contributed by atoms with Gasteiger partial charge in [0.1, 0.15) is 11.0 Å². The third kappa shape index (κ3) is 1.51. The lowest BCUT2D eigenvalue weighted by Gasteiger charge is -2.15. The smallest absolute Gasteiger partial charge is 0.110 e. The normalized spacial score (nSPS) is 15.5. The van der Waals surface area contributed by atoms with Crippen LogP contribution in [-0.4, -0.2) is 8.75 Å². The van der Waals surface area contributed by atoms with E-state index in [1.54, 1.807) is 0 Å². The topological polar surface area (TPSA) is 49.8 Å². The fourth-order valence-electron chi connectivity index (χ4n) is 2.22. The highest BCUT2D eigenvalue weighted by Crippen LogP contribution is 2.46. The van der Waals surface area contributed by atoms with Crippen LogP contribution < -0.4 is 9.44 Å². The van der Waals surface area contributed by atoms with Crippen molar-refractivity contribution in [3.8, 4) is 0 Å².